The van der Waals surface area contributed by atoms with Crippen molar-refractivity contribution < 1.29 is 39.4 Å². The topological polar surface area (TPSA) is 126 Å². The van der Waals surface area contributed by atoms with Crippen molar-refractivity contribution in [2.45, 2.75) is 82.8 Å². The molecule has 9 atom stereocenters. The molecule has 2 aliphatic carbocycles. The molecule has 0 aromatic carbocycles. The maximum atomic E-state index is 12.2. The van der Waals surface area contributed by atoms with Gasteiger partial charge in [0.05, 0.1) is 12.5 Å². The minimum atomic E-state index is -1.49. The monoisotopic (exact) mass is 398 g/mol. The zero-order valence-corrected chi connectivity index (χ0v) is 16.3. The van der Waals surface area contributed by atoms with Crippen LogP contribution in [0.15, 0.2) is 11.3 Å². The molecule has 4 rings (SSSR count). The van der Waals surface area contributed by atoms with E-state index < -0.39 is 37.3 Å². The first kappa shape index (κ1) is 20.1. The van der Waals surface area contributed by atoms with Crippen molar-refractivity contribution in [3.05, 3.63) is 11.3 Å². The zero-order valence-electron chi connectivity index (χ0n) is 16.3. The van der Waals surface area contributed by atoms with E-state index in [1.54, 1.807) is 0 Å². The summed E-state index contributed by atoms with van der Waals surface area (Å²) in [6.07, 6.45) is -2.59. The van der Waals surface area contributed by atoms with Gasteiger partial charge in [-0.05, 0) is 31.1 Å². The zero-order chi connectivity index (χ0) is 20.2. The largest absolute Gasteiger partial charge is 0.466 e. The number of fused-ring (bicyclic) bond motifs is 3. The maximum Gasteiger partial charge on any atom is 0.309 e. The first-order valence-electron chi connectivity index (χ1n) is 10.2. The minimum absolute atomic E-state index is 0.113. The lowest BCUT2D eigenvalue weighted by molar-refractivity contribution is -0.292. The Hall–Kier alpha value is -1.19. The van der Waals surface area contributed by atoms with Crippen molar-refractivity contribution in [1.29, 1.82) is 0 Å². The second kappa shape index (κ2) is 7.25. The third-order valence-corrected chi connectivity index (χ3v) is 7.15. The van der Waals surface area contributed by atoms with Crippen LogP contribution in [-0.2, 0) is 19.0 Å². The van der Waals surface area contributed by atoms with E-state index in [1.807, 2.05) is 6.92 Å². The molecular formula is C20H30O8. The average molecular weight is 398 g/mol. The van der Waals surface area contributed by atoms with Gasteiger partial charge in [-0.15, -0.1) is 0 Å². The van der Waals surface area contributed by atoms with E-state index in [9.17, 15) is 25.2 Å². The standard InChI is InChI=1S/C20H30O8/c1-9-10-5-7-20(2)6-3-4-11(13(20)17(10)28-18(9)25)26-19-16(24)15(23)14(22)12(8-21)27-19/h9-10,12,14-17,19,21-24H,3-8H2,1-2H3. The Bertz CT molecular complexity index is 661. The fourth-order valence-electron chi connectivity index (χ4n) is 5.35. The molecule has 2 heterocycles. The van der Waals surface area contributed by atoms with Crippen LogP contribution in [0, 0.1) is 17.3 Å². The van der Waals surface area contributed by atoms with Gasteiger partial charge < -0.3 is 34.6 Å². The molecular weight excluding hydrogens is 368 g/mol. The minimum Gasteiger partial charge on any atom is -0.466 e. The van der Waals surface area contributed by atoms with Crippen molar-refractivity contribution >= 4 is 5.97 Å². The number of allylic oxidation sites excluding steroid dienone is 1. The number of hydrogen-bond acceptors (Lipinski definition) is 8. The van der Waals surface area contributed by atoms with E-state index in [1.165, 1.54) is 0 Å². The molecule has 9 unspecified atom stereocenters. The first-order chi connectivity index (χ1) is 13.3. The van der Waals surface area contributed by atoms with E-state index >= 15 is 0 Å². The summed E-state index contributed by atoms with van der Waals surface area (Å²) in [6, 6.07) is 0. The van der Waals surface area contributed by atoms with Crippen LogP contribution in [0.25, 0.3) is 0 Å². The van der Waals surface area contributed by atoms with Crippen LogP contribution in [0.5, 0.6) is 0 Å². The lowest BCUT2D eigenvalue weighted by Crippen LogP contribution is -2.59. The summed E-state index contributed by atoms with van der Waals surface area (Å²) in [5.74, 6) is 0.402. The van der Waals surface area contributed by atoms with Crippen LogP contribution < -0.4 is 0 Å². The number of esters is 1. The molecule has 0 bridgehead atoms. The van der Waals surface area contributed by atoms with Gasteiger partial charge in [0, 0.05) is 17.9 Å². The molecule has 0 amide bonds. The maximum absolute atomic E-state index is 12.2. The fraction of sp³-hybridized carbons (Fsp3) is 0.850. The van der Waals surface area contributed by atoms with Crippen molar-refractivity contribution in [3.8, 4) is 0 Å². The van der Waals surface area contributed by atoms with E-state index in [0.29, 0.717) is 12.2 Å². The van der Waals surface area contributed by atoms with Crippen LogP contribution >= 0.6 is 0 Å². The van der Waals surface area contributed by atoms with Crippen LogP contribution in [0.2, 0.25) is 0 Å². The molecule has 4 N–H and O–H groups in total. The Kier molecular flexibility index (Phi) is 5.20. The normalized spacial score (nSPS) is 48.7. The second-order valence-corrected chi connectivity index (χ2v) is 8.91. The quantitative estimate of drug-likeness (QED) is 0.498. The number of carbonyl (C=O) groups is 1. The summed E-state index contributed by atoms with van der Waals surface area (Å²) in [5.41, 5.74) is 0.817. The molecule has 0 radical (unpaired) electrons. The highest BCUT2D eigenvalue weighted by Crippen LogP contribution is 2.55. The lowest BCUT2D eigenvalue weighted by atomic mass is 9.60. The highest BCUT2D eigenvalue weighted by Gasteiger charge is 2.54. The van der Waals surface area contributed by atoms with Gasteiger partial charge in [0.2, 0.25) is 6.29 Å². The number of rotatable bonds is 3. The third-order valence-electron chi connectivity index (χ3n) is 7.15. The molecule has 2 saturated heterocycles. The Balaban J connectivity index is 1.65. The molecule has 28 heavy (non-hydrogen) atoms. The summed E-state index contributed by atoms with van der Waals surface area (Å²) in [6.45, 7) is 3.55. The molecule has 4 aliphatic rings. The van der Waals surface area contributed by atoms with E-state index in [4.69, 9.17) is 14.2 Å². The highest BCUT2D eigenvalue weighted by atomic mass is 16.7. The number of carbonyl (C=O) groups excluding carboxylic acids is 1. The van der Waals surface area contributed by atoms with Crippen molar-refractivity contribution in [1.82, 2.24) is 0 Å². The Morgan fingerprint density at radius 3 is 2.64 bits per heavy atom. The molecule has 8 heteroatoms. The van der Waals surface area contributed by atoms with Crippen molar-refractivity contribution in [3.63, 3.8) is 0 Å². The third kappa shape index (κ3) is 3.06. The predicted octanol–water partition coefficient (Wildman–Crippen LogP) is 0.219. The van der Waals surface area contributed by atoms with Gasteiger partial charge in [-0.3, -0.25) is 4.79 Å². The van der Waals surface area contributed by atoms with Crippen LogP contribution in [0.3, 0.4) is 0 Å². The fourth-order valence-corrected chi connectivity index (χ4v) is 5.35. The molecule has 1 saturated carbocycles. The molecule has 0 aromatic rings. The molecule has 158 valence electrons. The predicted molar refractivity (Wildman–Crippen MR) is 95.6 cm³/mol. The van der Waals surface area contributed by atoms with E-state index in [-0.39, 0.29) is 29.3 Å². The number of aliphatic hydroxyl groups is 4. The smallest absolute Gasteiger partial charge is 0.309 e. The van der Waals surface area contributed by atoms with Gasteiger partial charge in [-0.1, -0.05) is 13.8 Å². The first-order valence-corrected chi connectivity index (χ1v) is 10.2. The SMILES string of the molecule is CC1C(=O)OC2C3=C(OC4OC(CO)C(O)C(O)C4O)CCCC3(C)CCC12. The molecule has 8 nitrogen and oxygen atoms in total. The summed E-state index contributed by atoms with van der Waals surface area (Å²) < 4.78 is 17.3. The molecule has 0 aromatic heterocycles. The van der Waals surface area contributed by atoms with Crippen molar-refractivity contribution in [2.24, 2.45) is 17.3 Å². The van der Waals surface area contributed by atoms with E-state index in [0.717, 1.165) is 31.3 Å². The van der Waals surface area contributed by atoms with Gasteiger partial charge in [-0.25, -0.2) is 0 Å². The van der Waals surface area contributed by atoms with Gasteiger partial charge in [0.15, 0.2) is 0 Å². The summed E-state index contributed by atoms with van der Waals surface area (Å²) >= 11 is 0. The number of hydrogen-bond donors (Lipinski definition) is 4. The second-order valence-electron chi connectivity index (χ2n) is 8.91. The summed E-state index contributed by atoms with van der Waals surface area (Å²) in [7, 11) is 0. The molecule has 3 fully saturated rings. The van der Waals surface area contributed by atoms with Gasteiger partial charge in [-0.2, -0.15) is 0 Å². The van der Waals surface area contributed by atoms with E-state index in [2.05, 4.69) is 6.92 Å². The van der Waals surface area contributed by atoms with Gasteiger partial charge >= 0.3 is 5.97 Å². The average Bonchev–Trinajstić information content (AvgIpc) is 2.95. The Morgan fingerprint density at radius 1 is 1.18 bits per heavy atom. The van der Waals surface area contributed by atoms with Crippen LogP contribution in [0.4, 0.5) is 0 Å². The molecule has 0 spiro atoms. The summed E-state index contributed by atoms with van der Waals surface area (Å²) in [4.78, 5) is 12.2. The summed E-state index contributed by atoms with van der Waals surface area (Å²) in [5, 5.41) is 39.7. The molecule has 2 aliphatic heterocycles. The lowest BCUT2D eigenvalue weighted by Gasteiger charge is -2.47. The van der Waals surface area contributed by atoms with Crippen LogP contribution in [-0.4, -0.2) is 69.8 Å². The number of ether oxygens (including phenoxy) is 3. The Labute approximate surface area is 164 Å². The van der Waals surface area contributed by atoms with Gasteiger partial charge in [0.25, 0.3) is 0 Å². The Morgan fingerprint density at radius 2 is 1.93 bits per heavy atom. The van der Waals surface area contributed by atoms with Crippen LogP contribution in [0.1, 0.15) is 46.0 Å². The number of aliphatic hydroxyl groups excluding tert-OH is 4. The van der Waals surface area contributed by atoms with Crippen molar-refractivity contribution in [2.75, 3.05) is 6.61 Å². The highest BCUT2D eigenvalue weighted by molar-refractivity contribution is 5.75. The van der Waals surface area contributed by atoms with Gasteiger partial charge in [0.1, 0.15) is 36.3 Å².